The van der Waals surface area contributed by atoms with Crippen LogP contribution in [0.25, 0.3) is 0 Å². The molecule has 1 fully saturated rings. The van der Waals surface area contributed by atoms with Crippen molar-refractivity contribution in [2.45, 2.75) is 32.7 Å². The molecule has 1 atom stereocenters. The zero-order valence-electron chi connectivity index (χ0n) is 11.0. The van der Waals surface area contributed by atoms with E-state index in [-0.39, 0.29) is 23.8 Å². The first kappa shape index (κ1) is 14.0. The van der Waals surface area contributed by atoms with Gasteiger partial charge in [-0.1, -0.05) is 13.8 Å². The van der Waals surface area contributed by atoms with Crippen molar-refractivity contribution in [3.8, 4) is 0 Å². The van der Waals surface area contributed by atoms with Crippen LogP contribution in [0.4, 0.5) is 0 Å². The van der Waals surface area contributed by atoms with Gasteiger partial charge in [0.1, 0.15) is 6.04 Å². The summed E-state index contributed by atoms with van der Waals surface area (Å²) in [5.74, 6) is 0.227. The minimum atomic E-state index is -0.300. The Kier molecular flexibility index (Phi) is 5.41. The van der Waals surface area contributed by atoms with Crippen LogP contribution >= 0.6 is 0 Å². The van der Waals surface area contributed by atoms with E-state index in [1.165, 1.54) is 0 Å². The molecule has 0 aromatic heterocycles. The third-order valence-corrected chi connectivity index (χ3v) is 3.03. The molecular formula is C12H23N3O2. The first-order valence-electron chi connectivity index (χ1n) is 6.29. The second-order valence-corrected chi connectivity index (χ2v) is 4.77. The first-order valence-corrected chi connectivity index (χ1v) is 6.29. The van der Waals surface area contributed by atoms with Gasteiger partial charge in [-0.2, -0.15) is 0 Å². The normalized spacial score (nSPS) is 20.6. The van der Waals surface area contributed by atoms with Gasteiger partial charge in [0.25, 0.3) is 0 Å². The second-order valence-electron chi connectivity index (χ2n) is 4.77. The summed E-state index contributed by atoms with van der Waals surface area (Å²) in [6.45, 7) is 5.98. The molecule has 0 saturated carbocycles. The van der Waals surface area contributed by atoms with Crippen LogP contribution in [0.2, 0.25) is 0 Å². The summed E-state index contributed by atoms with van der Waals surface area (Å²) >= 11 is 0. The second kappa shape index (κ2) is 6.59. The highest BCUT2D eigenvalue weighted by atomic mass is 16.2. The maximum Gasteiger partial charge on any atom is 0.243 e. The molecule has 1 unspecified atom stereocenters. The molecule has 0 radical (unpaired) electrons. The summed E-state index contributed by atoms with van der Waals surface area (Å²) in [4.78, 5) is 25.5. The fourth-order valence-corrected chi connectivity index (χ4v) is 2.19. The van der Waals surface area contributed by atoms with Crippen molar-refractivity contribution in [1.29, 1.82) is 0 Å². The van der Waals surface area contributed by atoms with Crippen LogP contribution in [0.1, 0.15) is 26.7 Å². The third kappa shape index (κ3) is 3.70. The fraction of sp³-hybridized carbons (Fsp3) is 0.833. The van der Waals surface area contributed by atoms with Crippen molar-refractivity contribution in [3.63, 3.8) is 0 Å². The van der Waals surface area contributed by atoms with Crippen molar-refractivity contribution in [2.75, 3.05) is 26.7 Å². The van der Waals surface area contributed by atoms with Crippen LogP contribution in [-0.4, -0.2) is 49.4 Å². The minimum absolute atomic E-state index is 0.0202. The molecule has 1 aliphatic rings. The van der Waals surface area contributed by atoms with Crippen molar-refractivity contribution in [3.05, 3.63) is 0 Å². The molecule has 0 bridgehead atoms. The molecule has 0 aliphatic carbocycles. The molecule has 2 N–H and O–H groups in total. The van der Waals surface area contributed by atoms with Gasteiger partial charge in [0.15, 0.2) is 0 Å². The van der Waals surface area contributed by atoms with Gasteiger partial charge >= 0.3 is 0 Å². The first-order chi connectivity index (χ1) is 8.07. The van der Waals surface area contributed by atoms with Crippen molar-refractivity contribution < 1.29 is 9.59 Å². The SMILES string of the molecule is CNCCCC(=O)N1CCNC(=O)C1C(C)C. The number of carbonyl (C=O) groups is 2. The average Bonchev–Trinajstić information content (AvgIpc) is 2.28. The van der Waals surface area contributed by atoms with E-state index < -0.39 is 0 Å². The number of rotatable bonds is 5. The van der Waals surface area contributed by atoms with E-state index >= 15 is 0 Å². The molecule has 2 amide bonds. The minimum Gasteiger partial charge on any atom is -0.353 e. The Bertz CT molecular complexity index is 279. The average molecular weight is 241 g/mol. The molecule has 1 aliphatic heterocycles. The van der Waals surface area contributed by atoms with Gasteiger partial charge in [-0.15, -0.1) is 0 Å². The molecule has 98 valence electrons. The van der Waals surface area contributed by atoms with Crippen LogP contribution in [0, 0.1) is 5.92 Å². The largest absolute Gasteiger partial charge is 0.353 e. The van der Waals surface area contributed by atoms with E-state index in [0.29, 0.717) is 19.5 Å². The van der Waals surface area contributed by atoms with Gasteiger partial charge < -0.3 is 15.5 Å². The van der Waals surface area contributed by atoms with E-state index in [0.717, 1.165) is 13.0 Å². The molecular weight excluding hydrogens is 218 g/mol. The Balaban J connectivity index is 2.59. The predicted octanol–water partition coefficient (Wildman–Crippen LogP) is -0.0310. The van der Waals surface area contributed by atoms with E-state index in [1.807, 2.05) is 20.9 Å². The monoisotopic (exact) mass is 241 g/mol. The van der Waals surface area contributed by atoms with E-state index in [4.69, 9.17) is 0 Å². The van der Waals surface area contributed by atoms with E-state index in [1.54, 1.807) is 4.90 Å². The topological polar surface area (TPSA) is 61.4 Å². The van der Waals surface area contributed by atoms with E-state index in [2.05, 4.69) is 10.6 Å². The van der Waals surface area contributed by atoms with Crippen LogP contribution in [0.15, 0.2) is 0 Å². The van der Waals surface area contributed by atoms with E-state index in [9.17, 15) is 9.59 Å². The highest BCUT2D eigenvalue weighted by molar-refractivity contribution is 5.89. The molecule has 5 heteroatoms. The fourth-order valence-electron chi connectivity index (χ4n) is 2.19. The molecule has 1 saturated heterocycles. The van der Waals surface area contributed by atoms with Crippen molar-refractivity contribution >= 4 is 11.8 Å². The quantitative estimate of drug-likeness (QED) is 0.664. The lowest BCUT2D eigenvalue weighted by molar-refractivity contribution is -0.145. The van der Waals surface area contributed by atoms with Gasteiger partial charge in [-0.05, 0) is 25.9 Å². The van der Waals surface area contributed by atoms with Crippen molar-refractivity contribution in [2.24, 2.45) is 5.92 Å². The summed E-state index contributed by atoms with van der Waals surface area (Å²) in [5, 5.41) is 5.84. The third-order valence-electron chi connectivity index (χ3n) is 3.03. The standard InChI is InChI=1S/C12H23N3O2/c1-9(2)11-12(17)14-7-8-15(11)10(16)5-4-6-13-3/h9,11,13H,4-8H2,1-3H3,(H,14,17). The Hall–Kier alpha value is -1.10. The maximum atomic E-state index is 12.1. The van der Waals surface area contributed by atoms with Gasteiger partial charge in [-0.3, -0.25) is 9.59 Å². The van der Waals surface area contributed by atoms with Crippen molar-refractivity contribution in [1.82, 2.24) is 15.5 Å². The van der Waals surface area contributed by atoms with Gasteiger partial charge in [0, 0.05) is 19.5 Å². The maximum absolute atomic E-state index is 12.1. The van der Waals surface area contributed by atoms with Gasteiger partial charge in [-0.25, -0.2) is 0 Å². The molecule has 0 spiro atoms. The van der Waals surface area contributed by atoms with Gasteiger partial charge in [0.2, 0.25) is 11.8 Å². The summed E-state index contributed by atoms with van der Waals surface area (Å²) in [6.07, 6.45) is 1.33. The molecule has 17 heavy (non-hydrogen) atoms. The number of piperazine rings is 1. The van der Waals surface area contributed by atoms with Crippen LogP contribution < -0.4 is 10.6 Å². The molecule has 5 nitrogen and oxygen atoms in total. The number of hydrogen-bond acceptors (Lipinski definition) is 3. The lowest BCUT2D eigenvalue weighted by Crippen LogP contribution is -2.59. The molecule has 0 aromatic carbocycles. The number of nitrogens with zero attached hydrogens (tertiary/aromatic N) is 1. The number of carbonyl (C=O) groups excluding carboxylic acids is 2. The number of amides is 2. The number of nitrogens with one attached hydrogen (secondary N) is 2. The summed E-state index contributed by atoms with van der Waals surface area (Å²) in [5.41, 5.74) is 0. The van der Waals surface area contributed by atoms with Crippen LogP contribution in [-0.2, 0) is 9.59 Å². The zero-order chi connectivity index (χ0) is 12.8. The Morgan fingerprint density at radius 2 is 2.29 bits per heavy atom. The van der Waals surface area contributed by atoms with Gasteiger partial charge in [0.05, 0.1) is 0 Å². The Morgan fingerprint density at radius 1 is 1.59 bits per heavy atom. The lowest BCUT2D eigenvalue weighted by atomic mass is 9.99. The Morgan fingerprint density at radius 3 is 2.88 bits per heavy atom. The predicted molar refractivity (Wildman–Crippen MR) is 66.5 cm³/mol. The highest BCUT2D eigenvalue weighted by Gasteiger charge is 2.34. The Labute approximate surface area is 103 Å². The molecule has 1 rings (SSSR count). The zero-order valence-corrected chi connectivity index (χ0v) is 11.0. The highest BCUT2D eigenvalue weighted by Crippen LogP contribution is 2.15. The smallest absolute Gasteiger partial charge is 0.243 e. The summed E-state index contributed by atoms with van der Waals surface area (Å²) in [6, 6.07) is -0.300. The summed E-state index contributed by atoms with van der Waals surface area (Å²) < 4.78 is 0. The number of hydrogen-bond donors (Lipinski definition) is 2. The lowest BCUT2D eigenvalue weighted by Gasteiger charge is -2.37. The van der Waals surface area contributed by atoms with Crippen LogP contribution in [0.3, 0.4) is 0 Å². The summed E-state index contributed by atoms with van der Waals surface area (Å²) in [7, 11) is 1.87. The van der Waals surface area contributed by atoms with Crippen LogP contribution in [0.5, 0.6) is 0 Å². The molecule has 0 aromatic rings. The molecule has 1 heterocycles.